The van der Waals surface area contributed by atoms with Gasteiger partial charge in [0.2, 0.25) is 0 Å². The minimum absolute atomic E-state index is 0.156. The van der Waals surface area contributed by atoms with Crippen LogP contribution in [0.25, 0.3) is 0 Å². The lowest BCUT2D eigenvalue weighted by molar-refractivity contribution is 0.173. The predicted molar refractivity (Wildman–Crippen MR) is 60.4 cm³/mol. The van der Waals surface area contributed by atoms with Crippen LogP contribution in [0.15, 0.2) is 24.3 Å². The molecule has 14 heavy (non-hydrogen) atoms. The van der Waals surface area contributed by atoms with Crippen molar-refractivity contribution in [2.75, 3.05) is 0 Å². The molecule has 0 saturated carbocycles. The number of hydrogen-bond donors (Lipinski definition) is 1. The normalized spacial score (nSPS) is 14.1. The summed E-state index contributed by atoms with van der Waals surface area (Å²) < 4.78 is 0. The lowest BCUT2D eigenvalue weighted by atomic mass is 9.85. The van der Waals surface area contributed by atoms with E-state index in [1.807, 2.05) is 19.1 Å². The third-order valence-electron chi connectivity index (χ3n) is 2.52. The molecule has 0 saturated heterocycles. The molecule has 1 atom stereocenters. The van der Waals surface area contributed by atoms with Crippen molar-refractivity contribution in [1.29, 1.82) is 0 Å². The fraction of sp³-hybridized carbons (Fsp3) is 0.538. The van der Waals surface area contributed by atoms with Crippen molar-refractivity contribution in [2.45, 2.75) is 45.6 Å². The zero-order chi connectivity index (χ0) is 10.8. The summed E-state index contributed by atoms with van der Waals surface area (Å²) in [6.07, 6.45) is 0.449. The maximum atomic E-state index is 9.72. The van der Waals surface area contributed by atoms with Gasteiger partial charge in [-0.05, 0) is 23.0 Å². The van der Waals surface area contributed by atoms with Crippen molar-refractivity contribution in [3.8, 4) is 0 Å². The summed E-state index contributed by atoms with van der Waals surface area (Å²) in [6.45, 7) is 8.55. The Morgan fingerprint density at radius 3 is 2.43 bits per heavy atom. The van der Waals surface area contributed by atoms with Gasteiger partial charge in [-0.25, -0.2) is 0 Å². The second-order valence-electron chi connectivity index (χ2n) is 4.80. The Morgan fingerprint density at radius 1 is 1.29 bits per heavy atom. The van der Waals surface area contributed by atoms with Crippen molar-refractivity contribution in [1.82, 2.24) is 0 Å². The Labute approximate surface area is 86.8 Å². The van der Waals surface area contributed by atoms with E-state index in [0.717, 1.165) is 12.0 Å². The molecule has 0 aliphatic heterocycles. The van der Waals surface area contributed by atoms with Crippen LogP contribution in [-0.4, -0.2) is 5.11 Å². The van der Waals surface area contributed by atoms with E-state index in [-0.39, 0.29) is 11.5 Å². The Kier molecular flexibility index (Phi) is 3.33. The van der Waals surface area contributed by atoms with Gasteiger partial charge in [-0.1, -0.05) is 52.0 Å². The summed E-state index contributed by atoms with van der Waals surface area (Å²) in [5.41, 5.74) is 2.46. The molecule has 0 radical (unpaired) electrons. The minimum Gasteiger partial charge on any atom is -0.388 e. The van der Waals surface area contributed by atoms with Gasteiger partial charge < -0.3 is 5.11 Å². The molecule has 1 aromatic rings. The van der Waals surface area contributed by atoms with Gasteiger partial charge in [-0.2, -0.15) is 0 Å². The van der Waals surface area contributed by atoms with Gasteiger partial charge in [0.25, 0.3) is 0 Å². The molecule has 0 aliphatic carbocycles. The van der Waals surface area contributed by atoms with E-state index in [0.29, 0.717) is 0 Å². The van der Waals surface area contributed by atoms with E-state index in [1.54, 1.807) is 0 Å². The monoisotopic (exact) mass is 192 g/mol. The van der Waals surface area contributed by atoms with E-state index in [2.05, 4.69) is 32.9 Å². The van der Waals surface area contributed by atoms with Crippen molar-refractivity contribution in [3.63, 3.8) is 0 Å². The highest BCUT2D eigenvalue weighted by molar-refractivity contribution is 5.29. The number of hydrogen-bond acceptors (Lipinski definition) is 1. The average Bonchev–Trinajstić information content (AvgIpc) is 2.15. The molecule has 0 spiro atoms. The Balaban J connectivity index is 3.01. The molecular formula is C13H20O. The highest BCUT2D eigenvalue weighted by atomic mass is 16.3. The van der Waals surface area contributed by atoms with Crippen LogP contribution in [0.3, 0.4) is 0 Å². The minimum atomic E-state index is -0.322. The molecule has 1 N–H and O–H groups in total. The molecule has 0 aromatic heterocycles. The van der Waals surface area contributed by atoms with Crippen molar-refractivity contribution in [2.24, 2.45) is 0 Å². The average molecular weight is 192 g/mol. The molecule has 0 heterocycles. The summed E-state index contributed by atoms with van der Waals surface area (Å²) in [5.74, 6) is 0. The fourth-order valence-corrected chi connectivity index (χ4v) is 1.45. The van der Waals surface area contributed by atoms with Crippen LogP contribution in [0, 0.1) is 0 Å². The quantitative estimate of drug-likeness (QED) is 0.761. The van der Waals surface area contributed by atoms with Gasteiger partial charge in [-0.3, -0.25) is 0 Å². The van der Waals surface area contributed by atoms with E-state index in [1.165, 1.54) is 5.56 Å². The van der Waals surface area contributed by atoms with E-state index in [4.69, 9.17) is 0 Å². The van der Waals surface area contributed by atoms with E-state index < -0.39 is 0 Å². The fourth-order valence-electron chi connectivity index (χ4n) is 1.45. The third kappa shape index (κ3) is 2.58. The van der Waals surface area contributed by atoms with Crippen molar-refractivity contribution in [3.05, 3.63) is 35.4 Å². The van der Waals surface area contributed by atoms with Crippen LogP contribution in [0.1, 0.15) is 51.3 Å². The van der Waals surface area contributed by atoms with Gasteiger partial charge in [0.1, 0.15) is 0 Å². The highest BCUT2D eigenvalue weighted by Crippen LogP contribution is 2.25. The summed E-state index contributed by atoms with van der Waals surface area (Å²) in [5, 5.41) is 9.72. The zero-order valence-corrected chi connectivity index (χ0v) is 9.54. The van der Waals surface area contributed by atoms with Gasteiger partial charge in [0, 0.05) is 0 Å². The second-order valence-corrected chi connectivity index (χ2v) is 4.80. The molecule has 0 fully saturated rings. The smallest absolute Gasteiger partial charge is 0.0787 e. The number of aliphatic hydroxyl groups is 1. The first-order chi connectivity index (χ1) is 6.45. The maximum absolute atomic E-state index is 9.72. The standard InChI is InChI=1S/C13H20O/c1-5-12(14)10-7-6-8-11(9-10)13(2,3)4/h6-9,12,14H,5H2,1-4H3/t12-/m1/s1. The number of aliphatic hydroxyl groups excluding tert-OH is 1. The lowest BCUT2D eigenvalue weighted by Gasteiger charge is -2.20. The second kappa shape index (κ2) is 4.14. The predicted octanol–water partition coefficient (Wildman–Crippen LogP) is 3.43. The Bertz CT molecular complexity index is 296. The molecule has 0 unspecified atom stereocenters. The molecule has 0 bridgehead atoms. The topological polar surface area (TPSA) is 20.2 Å². The Hall–Kier alpha value is -0.820. The molecule has 1 nitrogen and oxygen atoms in total. The van der Waals surface area contributed by atoms with Crippen LogP contribution in [-0.2, 0) is 5.41 Å². The Morgan fingerprint density at radius 2 is 1.93 bits per heavy atom. The molecular weight excluding hydrogens is 172 g/mol. The van der Waals surface area contributed by atoms with Crippen LogP contribution in [0.5, 0.6) is 0 Å². The van der Waals surface area contributed by atoms with E-state index >= 15 is 0 Å². The first-order valence-corrected chi connectivity index (χ1v) is 5.23. The largest absolute Gasteiger partial charge is 0.388 e. The van der Waals surface area contributed by atoms with E-state index in [9.17, 15) is 5.11 Å². The van der Waals surface area contributed by atoms with Gasteiger partial charge in [0.05, 0.1) is 6.10 Å². The summed E-state index contributed by atoms with van der Waals surface area (Å²) in [4.78, 5) is 0. The number of rotatable bonds is 2. The SMILES string of the molecule is CC[C@@H](O)c1cccc(C(C)(C)C)c1. The van der Waals surface area contributed by atoms with Gasteiger partial charge in [0.15, 0.2) is 0 Å². The summed E-state index contributed by atoms with van der Waals surface area (Å²) in [7, 11) is 0. The molecule has 78 valence electrons. The first-order valence-electron chi connectivity index (χ1n) is 5.23. The maximum Gasteiger partial charge on any atom is 0.0787 e. The van der Waals surface area contributed by atoms with Crippen LogP contribution in [0.2, 0.25) is 0 Å². The van der Waals surface area contributed by atoms with Gasteiger partial charge >= 0.3 is 0 Å². The van der Waals surface area contributed by atoms with Crippen LogP contribution in [0.4, 0.5) is 0 Å². The van der Waals surface area contributed by atoms with Crippen LogP contribution < -0.4 is 0 Å². The highest BCUT2D eigenvalue weighted by Gasteiger charge is 2.14. The zero-order valence-electron chi connectivity index (χ0n) is 9.54. The number of benzene rings is 1. The van der Waals surface area contributed by atoms with Crippen molar-refractivity contribution < 1.29 is 5.11 Å². The summed E-state index contributed by atoms with van der Waals surface area (Å²) >= 11 is 0. The summed E-state index contributed by atoms with van der Waals surface area (Å²) in [6, 6.07) is 8.23. The molecule has 1 heteroatoms. The molecule has 0 aliphatic rings. The molecule has 1 aromatic carbocycles. The molecule has 1 rings (SSSR count). The lowest BCUT2D eigenvalue weighted by Crippen LogP contribution is -2.11. The first kappa shape index (κ1) is 11.3. The molecule has 0 amide bonds. The van der Waals surface area contributed by atoms with Crippen molar-refractivity contribution >= 4 is 0 Å². The van der Waals surface area contributed by atoms with Crippen LogP contribution >= 0.6 is 0 Å². The van der Waals surface area contributed by atoms with Gasteiger partial charge in [-0.15, -0.1) is 0 Å². The third-order valence-corrected chi connectivity index (χ3v) is 2.52.